The lowest BCUT2D eigenvalue weighted by atomic mass is 9.86. The van der Waals surface area contributed by atoms with E-state index in [1.807, 2.05) is 0 Å². The minimum atomic E-state index is -4.83. The summed E-state index contributed by atoms with van der Waals surface area (Å²) in [4.78, 5) is 26.8. The second-order valence-electron chi connectivity index (χ2n) is 8.25. The first-order valence-electron chi connectivity index (χ1n) is 9.91. The van der Waals surface area contributed by atoms with Crippen LogP contribution in [0.5, 0.6) is 17.2 Å². The monoisotopic (exact) mass is 496 g/mol. The van der Waals surface area contributed by atoms with Crippen molar-refractivity contribution < 1.29 is 31.8 Å². The Morgan fingerprint density at radius 3 is 2.59 bits per heavy atom. The number of anilines is 1. The number of aromatic nitrogens is 1. The summed E-state index contributed by atoms with van der Waals surface area (Å²) < 4.78 is 66.3. The highest BCUT2D eigenvalue weighted by atomic mass is 35.5. The van der Waals surface area contributed by atoms with Gasteiger partial charge in [-0.05, 0) is 30.3 Å². The van der Waals surface area contributed by atoms with Crippen LogP contribution in [0, 0.1) is 5.82 Å². The van der Waals surface area contributed by atoms with Crippen LogP contribution in [-0.2, 0) is 11.6 Å². The molecule has 0 fully saturated rings. The number of nitrogens with one attached hydrogen (secondary N) is 2. The Kier molecular flexibility index (Phi) is 5.80. The number of carbonyl (C=O) groups is 1. The third-order valence-corrected chi connectivity index (χ3v) is 5.51. The zero-order chi connectivity index (χ0) is 24.8. The summed E-state index contributed by atoms with van der Waals surface area (Å²) >= 11 is 5.83. The fraction of sp³-hybridized carbons (Fsp3) is 0.217. The van der Waals surface area contributed by atoms with Gasteiger partial charge in [0.2, 0.25) is 5.56 Å². The van der Waals surface area contributed by atoms with Gasteiger partial charge in [0.25, 0.3) is 5.91 Å². The number of carbonyl (C=O) groups excluding carboxylic acids is 1. The molecule has 0 unspecified atom stereocenters. The molecular weight excluding hydrogens is 480 g/mol. The largest absolute Gasteiger partial charge is 0.488 e. The van der Waals surface area contributed by atoms with Crippen LogP contribution in [0.1, 0.15) is 35.3 Å². The van der Waals surface area contributed by atoms with E-state index < -0.39 is 45.2 Å². The summed E-state index contributed by atoms with van der Waals surface area (Å²) in [5.74, 6) is -1.95. The van der Waals surface area contributed by atoms with Crippen molar-refractivity contribution in [2.75, 3.05) is 11.9 Å². The summed E-state index contributed by atoms with van der Waals surface area (Å²) in [6.07, 6.45) is -3.55. The highest BCUT2D eigenvalue weighted by molar-refractivity contribution is 6.32. The van der Waals surface area contributed by atoms with Gasteiger partial charge in [0.15, 0.2) is 11.5 Å². The lowest BCUT2D eigenvalue weighted by Crippen LogP contribution is -2.19. The molecule has 34 heavy (non-hydrogen) atoms. The Morgan fingerprint density at radius 1 is 1.18 bits per heavy atom. The molecule has 0 saturated heterocycles. The normalized spacial score (nSPS) is 14.3. The standard InChI is InChI=1S/C23H17ClF4N2O4/c1-22(2)10-33-20-16(4-3-15(25)19(20)22)34-17-9-13(23(26,27)28)14(24)8-12(17)21(32)30-11-5-6-29-18(31)7-11/h3-9H,10H2,1-2H3,(H2,29,30,31,32). The summed E-state index contributed by atoms with van der Waals surface area (Å²) in [6.45, 7) is 3.62. The van der Waals surface area contributed by atoms with Crippen LogP contribution in [0.4, 0.5) is 23.2 Å². The smallest absolute Gasteiger partial charge is 0.417 e. The molecule has 2 aromatic carbocycles. The first-order chi connectivity index (χ1) is 15.9. The van der Waals surface area contributed by atoms with Crippen LogP contribution < -0.4 is 20.3 Å². The predicted molar refractivity (Wildman–Crippen MR) is 116 cm³/mol. The number of rotatable bonds is 4. The van der Waals surface area contributed by atoms with Gasteiger partial charge in [-0.15, -0.1) is 0 Å². The Bertz CT molecular complexity index is 1350. The SMILES string of the molecule is CC1(C)COc2c(Oc3cc(C(F)(F)F)c(Cl)cc3C(=O)Nc3cc[nH]c(=O)c3)ccc(F)c21. The number of pyridine rings is 1. The zero-order valence-electron chi connectivity index (χ0n) is 17.8. The van der Waals surface area contributed by atoms with Crippen molar-refractivity contribution in [3.8, 4) is 17.2 Å². The maximum absolute atomic E-state index is 14.5. The Labute approximate surface area is 195 Å². The van der Waals surface area contributed by atoms with E-state index in [1.165, 1.54) is 18.3 Å². The van der Waals surface area contributed by atoms with E-state index in [1.54, 1.807) is 13.8 Å². The second-order valence-corrected chi connectivity index (χ2v) is 8.65. The van der Waals surface area contributed by atoms with Crippen LogP contribution in [0.3, 0.4) is 0 Å². The van der Waals surface area contributed by atoms with Crippen molar-refractivity contribution in [2.45, 2.75) is 25.4 Å². The molecule has 0 saturated carbocycles. The minimum Gasteiger partial charge on any atom is -0.488 e. The molecule has 1 aliphatic heterocycles. The topological polar surface area (TPSA) is 80.4 Å². The molecule has 3 aromatic rings. The molecule has 0 aliphatic carbocycles. The number of halogens is 5. The minimum absolute atomic E-state index is 0.0365. The third-order valence-electron chi connectivity index (χ3n) is 5.20. The van der Waals surface area contributed by atoms with Crippen molar-refractivity contribution in [1.82, 2.24) is 4.98 Å². The van der Waals surface area contributed by atoms with E-state index in [4.69, 9.17) is 21.1 Å². The van der Waals surface area contributed by atoms with Gasteiger partial charge in [0.1, 0.15) is 11.6 Å². The quantitative estimate of drug-likeness (QED) is 0.441. The first-order valence-corrected chi connectivity index (χ1v) is 10.3. The average molecular weight is 497 g/mol. The van der Waals surface area contributed by atoms with Gasteiger partial charge in [0, 0.05) is 28.9 Å². The fourth-order valence-electron chi connectivity index (χ4n) is 3.59. The molecule has 178 valence electrons. The first kappa shape index (κ1) is 23.6. The molecule has 2 N–H and O–H groups in total. The van der Waals surface area contributed by atoms with Crippen molar-refractivity contribution in [3.05, 3.63) is 80.5 Å². The van der Waals surface area contributed by atoms with Crippen molar-refractivity contribution in [3.63, 3.8) is 0 Å². The van der Waals surface area contributed by atoms with Crippen LogP contribution >= 0.6 is 11.6 Å². The van der Waals surface area contributed by atoms with Crippen LogP contribution in [0.2, 0.25) is 5.02 Å². The third kappa shape index (κ3) is 4.45. The van der Waals surface area contributed by atoms with E-state index in [0.717, 1.165) is 18.2 Å². The Balaban J connectivity index is 1.81. The van der Waals surface area contributed by atoms with Gasteiger partial charge in [0.05, 0.1) is 22.8 Å². The lowest BCUT2D eigenvalue weighted by molar-refractivity contribution is -0.137. The number of benzene rings is 2. The molecule has 1 aliphatic rings. The van der Waals surface area contributed by atoms with Crippen LogP contribution in [0.15, 0.2) is 47.4 Å². The molecule has 0 atom stereocenters. The molecule has 0 spiro atoms. The number of H-pyrrole nitrogens is 1. The van der Waals surface area contributed by atoms with Gasteiger partial charge < -0.3 is 19.8 Å². The molecule has 0 radical (unpaired) electrons. The van der Waals surface area contributed by atoms with E-state index in [0.29, 0.717) is 6.07 Å². The lowest BCUT2D eigenvalue weighted by Gasteiger charge is -2.18. The predicted octanol–water partition coefficient (Wildman–Crippen LogP) is 5.90. The molecule has 6 nitrogen and oxygen atoms in total. The molecule has 4 rings (SSSR count). The molecule has 1 aromatic heterocycles. The highest BCUT2D eigenvalue weighted by Gasteiger charge is 2.38. The van der Waals surface area contributed by atoms with Crippen molar-refractivity contribution >= 4 is 23.2 Å². The van der Waals surface area contributed by atoms with E-state index in [-0.39, 0.29) is 34.9 Å². The number of hydrogen-bond acceptors (Lipinski definition) is 4. The summed E-state index contributed by atoms with van der Waals surface area (Å²) in [5.41, 5.74) is -2.45. The number of ether oxygens (including phenoxy) is 2. The Hall–Kier alpha value is -3.53. The molecular formula is C23H17ClF4N2O4. The summed E-state index contributed by atoms with van der Waals surface area (Å²) in [7, 11) is 0. The number of hydrogen-bond donors (Lipinski definition) is 2. The Morgan fingerprint density at radius 2 is 1.91 bits per heavy atom. The van der Waals surface area contributed by atoms with E-state index in [9.17, 15) is 27.2 Å². The van der Waals surface area contributed by atoms with Crippen LogP contribution in [0.25, 0.3) is 0 Å². The van der Waals surface area contributed by atoms with Gasteiger partial charge in [-0.3, -0.25) is 9.59 Å². The summed E-state index contributed by atoms with van der Waals surface area (Å²) in [6, 6.07) is 6.19. The second kappa shape index (κ2) is 8.35. The van der Waals surface area contributed by atoms with Crippen molar-refractivity contribution in [1.29, 1.82) is 0 Å². The summed E-state index contributed by atoms with van der Waals surface area (Å²) in [5, 5.41) is 1.69. The van der Waals surface area contributed by atoms with Crippen LogP contribution in [-0.4, -0.2) is 17.5 Å². The van der Waals surface area contributed by atoms with Crippen molar-refractivity contribution in [2.24, 2.45) is 0 Å². The molecule has 1 amide bonds. The molecule has 11 heteroatoms. The van der Waals surface area contributed by atoms with E-state index in [2.05, 4.69) is 10.3 Å². The maximum atomic E-state index is 14.5. The number of alkyl halides is 3. The number of aromatic amines is 1. The van der Waals surface area contributed by atoms with E-state index >= 15 is 0 Å². The fourth-order valence-corrected chi connectivity index (χ4v) is 3.86. The molecule has 0 bridgehead atoms. The number of amides is 1. The zero-order valence-corrected chi connectivity index (χ0v) is 18.5. The van der Waals surface area contributed by atoms with Gasteiger partial charge in [-0.1, -0.05) is 25.4 Å². The van der Waals surface area contributed by atoms with Gasteiger partial charge in [-0.25, -0.2) is 4.39 Å². The average Bonchev–Trinajstić information content (AvgIpc) is 3.06. The van der Waals surface area contributed by atoms with Gasteiger partial charge in [-0.2, -0.15) is 13.2 Å². The maximum Gasteiger partial charge on any atom is 0.417 e. The van der Waals surface area contributed by atoms with Gasteiger partial charge >= 0.3 is 6.18 Å². The number of fused-ring (bicyclic) bond motifs is 1. The molecule has 2 heterocycles. The highest BCUT2D eigenvalue weighted by Crippen LogP contribution is 2.48.